The highest BCUT2D eigenvalue weighted by molar-refractivity contribution is 6.63. The topological polar surface area (TPSA) is 43.0 Å². The lowest BCUT2D eigenvalue weighted by atomic mass is 10.1. The fourth-order valence-electron chi connectivity index (χ4n) is 2.50. The molecule has 0 aromatic heterocycles. The molecule has 0 spiro atoms. The zero-order valence-electron chi connectivity index (χ0n) is 12.4. The van der Waals surface area contributed by atoms with Gasteiger partial charge in [0.25, 0.3) is 0 Å². The Bertz CT molecular complexity index is 394. The van der Waals surface area contributed by atoms with Crippen molar-refractivity contribution < 1.29 is 13.3 Å². The van der Waals surface area contributed by atoms with E-state index in [1.165, 1.54) is 0 Å². The molecular formula is C14H24N2O3Si. The summed E-state index contributed by atoms with van der Waals surface area (Å²) in [6.45, 7) is 1.58. The van der Waals surface area contributed by atoms with Crippen molar-refractivity contribution in [3.8, 4) is 0 Å². The molecule has 0 saturated heterocycles. The van der Waals surface area contributed by atoms with Gasteiger partial charge in [0.15, 0.2) is 0 Å². The van der Waals surface area contributed by atoms with E-state index < -0.39 is 8.80 Å². The molecular weight excluding hydrogens is 272 g/mol. The lowest BCUT2D eigenvalue weighted by molar-refractivity contribution is 0.0638. The molecule has 2 rings (SSSR count). The Balaban J connectivity index is 2.02. The van der Waals surface area contributed by atoms with Crippen molar-refractivity contribution in [2.75, 3.05) is 34.4 Å². The van der Waals surface area contributed by atoms with Crippen molar-refractivity contribution in [1.82, 2.24) is 10.2 Å². The molecule has 6 heteroatoms. The highest BCUT2D eigenvalue weighted by Gasteiger charge is 2.49. The summed E-state index contributed by atoms with van der Waals surface area (Å²) < 4.78 is 17.6. The zero-order valence-corrected chi connectivity index (χ0v) is 13.4. The number of allylic oxidation sites excluding steroid dienone is 3. The molecule has 5 nitrogen and oxygen atoms in total. The highest BCUT2D eigenvalue weighted by Crippen LogP contribution is 2.23. The van der Waals surface area contributed by atoms with Gasteiger partial charge in [-0.05, 0) is 24.9 Å². The Morgan fingerprint density at radius 2 is 2.10 bits per heavy atom. The van der Waals surface area contributed by atoms with Crippen LogP contribution in [0.3, 0.4) is 0 Å². The minimum atomic E-state index is -2.75. The maximum absolute atomic E-state index is 6.17. The first kappa shape index (κ1) is 15.3. The fourth-order valence-corrected chi connectivity index (χ4v) is 4.96. The molecule has 0 saturated carbocycles. The fraction of sp³-hybridized carbons (Fsp3) is 0.571. The van der Waals surface area contributed by atoms with Gasteiger partial charge in [0.05, 0.1) is 0 Å². The van der Waals surface area contributed by atoms with Gasteiger partial charge in [-0.2, -0.15) is 0 Å². The van der Waals surface area contributed by atoms with Gasteiger partial charge >= 0.3 is 8.80 Å². The standard InChI is InChI=1S/C14H24N2O3Si/c1-16-10-5-4-8-14(16)20(17-2,18-3)19-12-13-7-6-9-15-11-13/h4-6,8-10,13-15H,7,11-12H2,1-3H3. The largest absolute Gasteiger partial charge is 0.528 e. The second-order valence-electron chi connectivity index (χ2n) is 5.07. The third kappa shape index (κ3) is 3.32. The van der Waals surface area contributed by atoms with E-state index in [0.29, 0.717) is 12.5 Å². The SMILES string of the molecule is CO[Si](OC)(OCC1CC=CNC1)C1C=CC=CN1C. The lowest BCUT2D eigenvalue weighted by Gasteiger charge is -2.38. The van der Waals surface area contributed by atoms with Gasteiger partial charge in [0.1, 0.15) is 5.67 Å². The Hall–Kier alpha value is -1.08. The number of nitrogens with one attached hydrogen (secondary N) is 1. The summed E-state index contributed by atoms with van der Waals surface area (Å²) in [4.78, 5) is 2.08. The van der Waals surface area contributed by atoms with Gasteiger partial charge in [-0.15, -0.1) is 0 Å². The average Bonchev–Trinajstić information content (AvgIpc) is 2.51. The zero-order chi connectivity index (χ0) is 14.4. The van der Waals surface area contributed by atoms with E-state index in [1.807, 2.05) is 31.6 Å². The second kappa shape index (κ2) is 7.08. The van der Waals surface area contributed by atoms with E-state index in [2.05, 4.69) is 22.4 Å². The van der Waals surface area contributed by atoms with E-state index >= 15 is 0 Å². The molecule has 0 aromatic rings. The van der Waals surface area contributed by atoms with Crippen molar-refractivity contribution in [1.29, 1.82) is 0 Å². The number of hydrogen-bond donors (Lipinski definition) is 1. The molecule has 0 amide bonds. The predicted molar refractivity (Wildman–Crippen MR) is 80.8 cm³/mol. The van der Waals surface area contributed by atoms with Crippen LogP contribution in [-0.4, -0.2) is 53.8 Å². The molecule has 112 valence electrons. The monoisotopic (exact) mass is 296 g/mol. The number of likely N-dealkylation sites (N-methyl/N-ethyl adjacent to an activating group) is 1. The van der Waals surface area contributed by atoms with E-state index in [1.54, 1.807) is 14.2 Å². The van der Waals surface area contributed by atoms with Crippen molar-refractivity contribution in [3.63, 3.8) is 0 Å². The Kier molecular flexibility index (Phi) is 5.42. The van der Waals surface area contributed by atoms with E-state index in [9.17, 15) is 0 Å². The summed E-state index contributed by atoms with van der Waals surface area (Å²) in [6.07, 6.45) is 13.3. The Labute approximate surface area is 122 Å². The normalized spacial score (nSPS) is 25.9. The minimum Gasteiger partial charge on any atom is -0.391 e. The van der Waals surface area contributed by atoms with Crippen LogP contribution < -0.4 is 5.32 Å². The maximum Gasteiger partial charge on any atom is 0.528 e. The molecule has 2 aliphatic heterocycles. The van der Waals surface area contributed by atoms with Gasteiger partial charge in [0, 0.05) is 40.3 Å². The van der Waals surface area contributed by atoms with Crippen molar-refractivity contribution in [2.45, 2.75) is 12.1 Å². The van der Waals surface area contributed by atoms with Crippen LogP contribution in [0.25, 0.3) is 0 Å². The van der Waals surface area contributed by atoms with Gasteiger partial charge in [0.2, 0.25) is 0 Å². The lowest BCUT2D eigenvalue weighted by Crippen LogP contribution is -2.60. The smallest absolute Gasteiger partial charge is 0.391 e. The van der Waals surface area contributed by atoms with Crippen LogP contribution in [-0.2, 0) is 13.3 Å². The molecule has 1 N–H and O–H groups in total. The number of rotatable bonds is 6. The Morgan fingerprint density at radius 3 is 2.70 bits per heavy atom. The van der Waals surface area contributed by atoms with Crippen molar-refractivity contribution in [3.05, 3.63) is 36.7 Å². The third-order valence-electron chi connectivity index (χ3n) is 3.73. The van der Waals surface area contributed by atoms with Gasteiger partial charge < -0.3 is 23.5 Å². The summed E-state index contributed by atoms with van der Waals surface area (Å²) in [7, 11) is 2.61. The van der Waals surface area contributed by atoms with Crippen LogP contribution in [0.4, 0.5) is 0 Å². The number of hydrogen-bond acceptors (Lipinski definition) is 5. The van der Waals surface area contributed by atoms with Gasteiger partial charge in [-0.25, -0.2) is 0 Å². The molecule has 2 heterocycles. The summed E-state index contributed by atoms with van der Waals surface area (Å²) in [5, 5.41) is 3.23. The summed E-state index contributed by atoms with van der Waals surface area (Å²) >= 11 is 0. The van der Waals surface area contributed by atoms with E-state index in [4.69, 9.17) is 13.3 Å². The molecule has 2 atom stereocenters. The number of nitrogens with zero attached hydrogens (tertiary/aromatic N) is 1. The van der Waals surface area contributed by atoms with Crippen LogP contribution in [0, 0.1) is 5.92 Å². The second-order valence-corrected chi connectivity index (χ2v) is 7.98. The minimum absolute atomic E-state index is 0.0228. The Morgan fingerprint density at radius 1 is 1.30 bits per heavy atom. The predicted octanol–water partition coefficient (Wildman–Crippen LogP) is 1.28. The van der Waals surface area contributed by atoms with Crippen LogP contribution in [0.1, 0.15) is 6.42 Å². The van der Waals surface area contributed by atoms with Crippen molar-refractivity contribution >= 4 is 8.80 Å². The molecule has 0 radical (unpaired) electrons. The molecule has 0 aliphatic carbocycles. The van der Waals surface area contributed by atoms with Gasteiger partial charge in [-0.3, -0.25) is 0 Å². The molecule has 2 unspecified atom stereocenters. The van der Waals surface area contributed by atoms with Gasteiger partial charge in [-0.1, -0.05) is 18.2 Å². The molecule has 20 heavy (non-hydrogen) atoms. The molecule has 2 aliphatic rings. The first-order chi connectivity index (χ1) is 9.72. The van der Waals surface area contributed by atoms with Crippen molar-refractivity contribution in [2.24, 2.45) is 5.92 Å². The van der Waals surface area contributed by atoms with Crippen LogP contribution in [0.15, 0.2) is 36.7 Å². The first-order valence-electron chi connectivity index (χ1n) is 6.91. The van der Waals surface area contributed by atoms with Crippen LogP contribution >= 0.6 is 0 Å². The quantitative estimate of drug-likeness (QED) is 0.748. The summed E-state index contributed by atoms with van der Waals surface area (Å²) in [6, 6.07) is 0. The molecule has 0 fully saturated rings. The third-order valence-corrected chi connectivity index (χ3v) is 6.76. The van der Waals surface area contributed by atoms with Crippen LogP contribution in [0.2, 0.25) is 0 Å². The molecule has 0 aromatic carbocycles. The van der Waals surface area contributed by atoms with E-state index in [-0.39, 0.29) is 5.67 Å². The molecule has 0 bridgehead atoms. The maximum atomic E-state index is 6.17. The summed E-state index contributed by atoms with van der Waals surface area (Å²) in [5.41, 5.74) is 0.0228. The summed E-state index contributed by atoms with van der Waals surface area (Å²) in [5.74, 6) is 0.464. The van der Waals surface area contributed by atoms with Crippen LogP contribution in [0.5, 0.6) is 0 Å². The first-order valence-corrected chi connectivity index (χ1v) is 8.71. The highest BCUT2D eigenvalue weighted by atomic mass is 28.4. The van der Waals surface area contributed by atoms with E-state index in [0.717, 1.165) is 13.0 Å². The average molecular weight is 296 g/mol.